The SMILES string of the molecule is O=C(CC1C=CCC1)NCc1ccc(Cn2cncn2)cc1. The van der Waals surface area contributed by atoms with Crippen LogP contribution in [-0.4, -0.2) is 20.7 Å². The molecule has 1 amide bonds. The minimum atomic E-state index is 0.128. The van der Waals surface area contributed by atoms with Gasteiger partial charge < -0.3 is 5.32 Å². The Labute approximate surface area is 130 Å². The van der Waals surface area contributed by atoms with Gasteiger partial charge in [0, 0.05) is 13.0 Å². The molecule has 1 aliphatic carbocycles. The van der Waals surface area contributed by atoms with Gasteiger partial charge >= 0.3 is 0 Å². The van der Waals surface area contributed by atoms with Gasteiger partial charge in [0.15, 0.2) is 0 Å². The molecule has 0 fully saturated rings. The summed E-state index contributed by atoms with van der Waals surface area (Å²) in [6.07, 6.45) is 10.3. The molecule has 22 heavy (non-hydrogen) atoms. The fraction of sp³-hybridized carbons (Fsp3) is 0.353. The van der Waals surface area contributed by atoms with Gasteiger partial charge in [-0.2, -0.15) is 5.10 Å². The van der Waals surface area contributed by atoms with E-state index in [0.717, 1.165) is 24.0 Å². The Bertz CT molecular complexity index is 631. The predicted octanol–water partition coefficient (Wildman–Crippen LogP) is 2.30. The molecule has 5 heteroatoms. The molecule has 5 nitrogen and oxygen atoms in total. The summed E-state index contributed by atoms with van der Waals surface area (Å²) in [5.74, 6) is 0.549. The van der Waals surface area contributed by atoms with E-state index in [4.69, 9.17) is 0 Å². The maximum absolute atomic E-state index is 11.9. The average Bonchev–Trinajstić information content (AvgIpc) is 3.20. The van der Waals surface area contributed by atoms with Crippen LogP contribution in [-0.2, 0) is 17.9 Å². The fourth-order valence-electron chi connectivity index (χ4n) is 2.64. The zero-order valence-corrected chi connectivity index (χ0v) is 12.5. The van der Waals surface area contributed by atoms with Crippen LogP contribution in [0.1, 0.15) is 30.4 Å². The Morgan fingerprint density at radius 3 is 2.77 bits per heavy atom. The van der Waals surface area contributed by atoms with Crippen molar-refractivity contribution in [2.45, 2.75) is 32.4 Å². The highest BCUT2D eigenvalue weighted by Crippen LogP contribution is 2.20. The number of allylic oxidation sites excluding steroid dienone is 2. The molecule has 1 aromatic carbocycles. The van der Waals surface area contributed by atoms with Crippen LogP contribution in [0, 0.1) is 5.92 Å². The molecule has 0 spiro atoms. The van der Waals surface area contributed by atoms with E-state index in [9.17, 15) is 4.79 Å². The lowest BCUT2D eigenvalue weighted by atomic mass is 10.0. The van der Waals surface area contributed by atoms with Crippen LogP contribution in [0.15, 0.2) is 49.1 Å². The van der Waals surface area contributed by atoms with Crippen molar-refractivity contribution < 1.29 is 4.79 Å². The monoisotopic (exact) mass is 296 g/mol. The number of hydrogen-bond donors (Lipinski definition) is 1. The zero-order chi connectivity index (χ0) is 15.2. The first-order valence-corrected chi connectivity index (χ1v) is 7.63. The summed E-state index contributed by atoms with van der Waals surface area (Å²) in [7, 11) is 0. The summed E-state index contributed by atoms with van der Waals surface area (Å²) in [5.41, 5.74) is 2.27. The first-order chi connectivity index (χ1) is 10.8. The number of nitrogens with one attached hydrogen (secondary N) is 1. The highest BCUT2D eigenvalue weighted by Gasteiger charge is 2.13. The summed E-state index contributed by atoms with van der Waals surface area (Å²) >= 11 is 0. The maximum Gasteiger partial charge on any atom is 0.220 e. The lowest BCUT2D eigenvalue weighted by molar-refractivity contribution is -0.121. The average molecular weight is 296 g/mol. The number of nitrogens with zero attached hydrogens (tertiary/aromatic N) is 3. The maximum atomic E-state index is 11.9. The summed E-state index contributed by atoms with van der Waals surface area (Å²) < 4.78 is 1.78. The first kappa shape index (κ1) is 14.5. The molecular weight excluding hydrogens is 276 g/mol. The second-order valence-electron chi connectivity index (χ2n) is 5.66. The smallest absolute Gasteiger partial charge is 0.220 e. The van der Waals surface area contributed by atoms with Crippen molar-refractivity contribution in [1.82, 2.24) is 20.1 Å². The minimum Gasteiger partial charge on any atom is -0.352 e. The van der Waals surface area contributed by atoms with Crippen molar-refractivity contribution in [1.29, 1.82) is 0 Å². The third-order valence-corrected chi connectivity index (χ3v) is 3.88. The third kappa shape index (κ3) is 4.04. The molecular formula is C17H20N4O. The number of benzene rings is 1. The summed E-state index contributed by atoms with van der Waals surface area (Å²) in [6, 6.07) is 8.20. The lowest BCUT2D eigenvalue weighted by Crippen LogP contribution is -2.24. The van der Waals surface area contributed by atoms with Crippen LogP contribution in [0.2, 0.25) is 0 Å². The molecule has 3 rings (SSSR count). The highest BCUT2D eigenvalue weighted by atomic mass is 16.1. The topological polar surface area (TPSA) is 59.8 Å². The van der Waals surface area contributed by atoms with E-state index in [-0.39, 0.29) is 5.91 Å². The molecule has 1 atom stereocenters. The van der Waals surface area contributed by atoms with Crippen LogP contribution < -0.4 is 5.32 Å². The standard InChI is InChI=1S/C17H20N4O/c22-17(9-14-3-1-2-4-14)19-10-15-5-7-16(8-6-15)11-21-13-18-12-20-21/h1,3,5-8,12-14H,2,4,9-11H2,(H,19,22). The largest absolute Gasteiger partial charge is 0.352 e. The number of aromatic nitrogens is 3. The molecule has 0 saturated carbocycles. The number of hydrogen-bond acceptors (Lipinski definition) is 3. The van der Waals surface area contributed by atoms with Crippen LogP contribution in [0.25, 0.3) is 0 Å². The zero-order valence-electron chi connectivity index (χ0n) is 12.5. The van der Waals surface area contributed by atoms with E-state index >= 15 is 0 Å². The van der Waals surface area contributed by atoms with Crippen molar-refractivity contribution in [2.24, 2.45) is 5.92 Å². The van der Waals surface area contributed by atoms with E-state index in [1.165, 1.54) is 6.33 Å². The van der Waals surface area contributed by atoms with E-state index < -0.39 is 0 Å². The van der Waals surface area contributed by atoms with Gasteiger partial charge in [-0.15, -0.1) is 0 Å². The number of carbonyl (C=O) groups excluding carboxylic acids is 1. The van der Waals surface area contributed by atoms with Gasteiger partial charge in [0.2, 0.25) is 5.91 Å². The molecule has 0 aliphatic heterocycles. The van der Waals surface area contributed by atoms with Crippen molar-refractivity contribution in [2.75, 3.05) is 0 Å². The van der Waals surface area contributed by atoms with Crippen LogP contribution >= 0.6 is 0 Å². The Kier molecular flexibility index (Phi) is 4.63. The van der Waals surface area contributed by atoms with Crippen molar-refractivity contribution in [3.8, 4) is 0 Å². The normalized spacial score (nSPS) is 16.8. The molecule has 1 unspecified atom stereocenters. The van der Waals surface area contributed by atoms with Gasteiger partial charge in [0.05, 0.1) is 6.54 Å². The first-order valence-electron chi connectivity index (χ1n) is 7.63. The number of carbonyl (C=O) groups is 1. The van der Waals surface area contributed by atoms with Gasteiger partial charge in [-0.1, -0.05) is 36.4 Å². The van der Waals surface area contributed by atoms with Crippen LogP contribution in [0.4, 0.5) is 0 Å². The van der Waals surface area contributed by atoms with Gasteiger partial charge in [-0.3, -0.25) is 4.79 Å². The lowest BCUT2D eigenvalue weighted by Gasteiger charge is -2.09. The fourth-order valence-corrected chi connectivity index (χ4v) is 2.64. The molecule has 1 N–H and O–H groups in total. The van der Waals surface area contributed by atoms with Crippen molar-refractivity contribution in [3.63, 3.8) is 0 Å². The second-order valence-corrected chi connectivity index (χ2v) is 5.66. The Morgan fingerprint density at radius 2 is 2.09 bits per heavy atom. The predicted molar refractivity (Wildman–Crippen MR) is 83.9 cm³/mol. The van der Waals surface area contributed by atoms with Crippen LogP contribution in [0.3, 0.4) is 0 Å². The molecule has 1 aromatic heterocycles. The molecule has 2 aromatic rings. The van der Waals surface area contributed by atoms with E-state index in [0.29, 0.717) is 25.4 Å². The van der Waals surface area contributed by atoms with Gasteiger partial charge in [-0.25, -0.2) is 9.67 Å². The van der Waals surface area contributed by atoms with E-state index in [1.807, 2.05) is 12.1 Å². The van der Waals surface area contributed by atoms with Crippen LogP contribution in [0.5, 0.6) is 0 Å². The number of rotatable bonds is 6. The molecule has 114 valence electrons. The van der Waals surface area contributed by atoms with E-state index in [1.54, 1.807) is 11.0 Å². The van der Waals surface area contributed by atoms with Crippen molar-refractivity contribution in [3.05, 3.63) is 60.2 Å². The molecule has 0 saturated heterocycles. The minimum absolute atomic E-state index is 0.128. The Hall–Kier alpha value is -2.43. The Balaban J connectivity index is 1.46. The van der Waals surface area contributed by atoms with Gasteiger partial charge in [0.1, 0.15) is 12.7 Å². The van der Waals surface area contributed by atoms with E-state index in [2.05, 4.69) is 39.7 Å². The van der Waals surface area contributed by atoms with Gasteiger partial charge in [0.25, 0.3) is 0 Å². The quantitative estimate of drug-likeness (QED) is 0.832. The van der Waals surface area contributed by atoms with Crippen molar-refractivity contribution >= 4 is 5.91 Å². The number of amides is 1. The second kappa shape index (κ2) is 7.02. The molecule has 1 aliphatic rings. The molecule has 1 heterocycles. The molecule has 0 bridgehead atoms. The van der Waals surface area contributed by atoms with Gasteiger partial charge in [-0.05, 0) is 29.9 Å². The summed E-state index contributed by atoms with van der Waals surface area (Å²) in [5, 5.41) is 7.08. The summed E-state index contributed by atoms with van der Waals surface area (Å²) in [6.45, 7) is 1.29. The molecule has 0 radical (unpaired) electrons. The highest BCUT2D eigenvalue weighted by molar-refractivity contribution is 5.76. The third-order valence-electron chi connectivity index (χ3n) is 3.88. The summed E-state index contributed by atoms with van der Waals surface area (Å²) in [4.78, 5) is 15.8. The Morgan fingerprint density at radius 1 is 1.27 bits per heavy atom.